The van der Waals surface area contributed by atoms with Gasteiger partial charge in [-0.2, -0.15) is 0 Å². The molecule has 5 rings (SSSR count). The molecule has 0 spiro atoms. The molecule has 0 aromatic heterocycles. The molecule has 0 radical (unpaired) electrons. The molecule has 0 aliphatic carbocycles. The number of hydrogen-bond donors (Lipinski definition) is 2. The molecular weight excluding hydrogens is 594 g/mol. The largest absolute Gasteiger partial charge is 0.497 e. The van der Waals surface area contributed by atoms with E-state index in [9.17, 15) is 10.3 Å². The topological polar surface area (TPSA) is 138 Å². The number of carbonyl (C=O) groups excluding carboxylic acids is 1. The molecular formula is C37H37N5O5. The Balaban J connectivity index is 1.52. The maximum absolute atomic E-state index is 14.4. The average Bonchev–Trinajstić information content (AvgIpc) is 3.50. The van der Waals surface area contributed by atoms with E-state index in [1.54, 1.807) is 37.4 Å². The van der Waals surface area contributed by atoms with E-state index in [-0.39, 0.29) is 24.8 Å². The van der Waals surface area contributed by atoms with Gasteiger partial charge in [0, 0.05) is 47.7 Å². The van der Waals surface area contributed by atoms with Gasteiger partial charge in [0.05, 0.1) is 13.7 Å². The first kappa shape index (κ1) is 32.8. The summed E-state index contributed by atoms with van der Waals surface area (Å²) in [6.07, 6.45) is 4.31. The van der Waals surface area contributed by atoms with Crippen LogP contribution < -0.4 is 14.8 Å². The van der Waals surface area contributed by atoms with Crippen LogP contribution in [0.3, 0.4) is 0 Å². The van der Waals surface area contributed by atoms with Crippen molar-refractivity contribution >= 4 is 23.6 Å². The quantitative estimate of drug-likeness (QED) is 0.0623. The summed E-state index contributed by atoms with van der Waals surface area (Å²) < 4.78 is 17.5. The third-order valence-electron chi connectivity index (χ3n) is 7.80. The van der Waals surface area contributed by atoms with Gasteiger partial charge in [0.25, 0.3) is 5.91 Å². The van der Waals surface area contributed by atoms with E-state index < -0.39 is 11.6 Å². The van der Waals surface area contributed by atoms with Crippen LogP contribution in [0.15, 0.2) is 119 Å². The zero-order valence-electron chi connectivity index (χ0n) is 26.2. The summed E-state index contributed by atoms with van der Waals surface area (Å²) in [4.78, 5) is 22.5. The minimum absolute atomic E-state index is 0.0460. The van der Waals surface area contributed by atoms with Gasteiger partial charge in [-0.05, 0) is 59.5 Å². The molecule has 10 nitrogen and oxygen atoms in total. The van der Waals surface area contributed by atoms with Crippen LogP contribution in [0.4, 0.5) is 5.69 Å². The highest BCUT2D eigenvalue weighted by molar-refractivity contribution is 6.01. The van der Waals surface area contributed by atoms with Crippen LogP contribution in [-0.2, 0) is 16.0 Å². The third kappa shape index (κ3) is 8.18. The predicted molar refractivity (Wildman–Crippen MR) is 182 cm³/mol. The van der Waals surface area contributed by atoms with E-state index in [1.807, 2.05) is 84.9 Å². The number of rotatable bonds is 15. The molecule has 10 heteroatoms. The van der Waals surface area contributed by atoms with E-state index in [2.05, 4.69) is 15.3 Å². The van der Waals surface area contributed by atoms with Crippen molar-refractivity contribution in [3.8, 4) is 11.5 Å². The first-order valence-electron chi connectivity index (χ1n) is 15.4. The lowest BCUT2D eigenvalue weighted by molar-refractivity contribution is -0.128. The normalized spacial score (nSPS) is 17.0. The molecule has 0 fully saturated rings. The Morgan fingerprint density at radius 1 is 1.02 bits per heavy atom. The lowest BCUT2D eigenvalue weighted by Crippen LogP contribution is -2.48. The standard InChI is InChI=1S/C37H37N5O5/c1-45-30-18-14-28(15-19-30)22-24-39-36(44)37(23-7-11-27-9-3-2-4-10-27)34(32-12-5-6-13-33(32)41-42-38)47-35(40-37)29-16-20-31(21-17-29)46-26-8-25-43/h2-7,9-21,34,43H,8,22-26H2,1H3,(H,39,44)/b11-7+/t34-,37-/m1/s1. The maximum Gasteiger partial charge on any atom is 0.252 e. The zero-order chi connectivity index (χ0) is 32.9. The van der Waals surface area contributed by atoms with Gasteiger partial charge in [-0.15, -0.1) is 0 Å². The number of nitrogens with zero attached hydrogens (tertiary/aromatic N) is 4. The summed E-state index contributed by atoms with van der Waals surface area (Å²) in [6.45, 7) is 0.800. The molecule has 240 valence electrons. The van der Waals surface area contributed by atoms with Crippen molar-refractivity contribution in [3.63, 3.8) is 0 Å². The van der Waals surface area contributed by atoms with Gasteiger partial charge in [0.15, 0.2) is 11.6 Å². The van der Waals surface area contributed by atoms with Crippen molar-refractivity contribution in [1.82, 2.24) is 5.32 Å². The Morgan fingerprint density at radius 3 is 2.47 bits per heavy atom. The van der Waals surface area contributed by atoms with Crippen molar-refractivity contribution in [2.45, 2.75) is 30.9 Å². The van der Waals surface area contributed by atoms with Crippen molar-refractivity contribution in [2.24, 2.45) is 10.1 Å². The fourth-order valence-corrected chi connectivity index (χ4v) is 5.35. The molecule has 0 unspecified atom stereocenters. The second-order valence-electron chi connectivity index (χ2n) is 10.9. The lowest BCUT2D eigenvalue weighted by atomic mass is 9.83. The predicted octanol–water partition coefficient (Wildman–Crippen LogP) is 7.12. The molecule has 4 aromatic carbocycles. The van der Waals surface area contributed by atoms with E-state index in [4.69, 9.17) is 24.3 Å². The van der Waals surface area contributed by atoms with Crippen molar-refractivity contribution in [2.75, 3.05) is 26.9 Å². The van der Waals surface area contributed by atoms with Crippen LogP contribution in [0.1, 0.15) is 41.2 Å². The van der Waals surface area contributed by atoms with Gasteiger partial charge in [0.1, 0.15) is 11.5 Å². The molecule has 0 saturated carbocycles. The summed E-state index contributed by atoms with van der Waals surface area (Å²) in [7, 11) is 1.62. The average molecular weight is 632 g/mol. The third-order valence-corrected chi connectivity index (χ3v) is 7.80. The molecule has 1 amide bonds. The first-order valence-corrected chi connectivity index (χ1v) is 15.4. The number of nitrogens with one attached hydrogen (secondary N) is 1. The number of azide groups is 1. The molecule has 0 bridgehead atoms. The molecule has 2 atom stereocenters. The second-order valence-corrected chi connectivity index (χ2v) is 10.9. The summed E-state index contributed by atoms with van der Waals surface area (Å²) >= 11 is 0. The van der Waals surface area contributed by atoms with Crippen LogP contribution in [0, 0.1) is 0 Å². The lowest BCUT2D eigenvalue weighted by Gasteiger charge is -2.30. The minimum atomic E-state index is -1.43. The van der Waals surface area contributed by atoms with Gasteiger partial charge >= 0.3 is 0 Å². The van der Waals surface area contributed by atoms with E-state index in [1.165, 1.54) is 0 Å². The monoisotopic (exact) mass is 631 g/mol. The molecule has 2 N–H and O–H groups in total. The fraction of sp³-hybridized carbons (Fsp3) is 0.243. The van der Waals surface area contributed by atoms with Crippen LogP contribution in [0.2, 0.25) is 0 Å². The van der Waals surface area contributed by atoms with Crippen molar-refractivity contribution < 1.29 is 24.1 Å². The summed E-state index contributed by atoms with van der Waals surface area (Å²) in [5, 5.41) is 16.1. The molecule has 0 saturated heterocycles. The summed E-state index contributed by atoms with van der Waals surface area (Å²) in [6, 6.07) is 31.8. The van der Waals surface area contributed by atoms with Crippen LogP contribution >= 0.6 is 0 Å². The van der Waals surface area contributed by atoms with E-state index in [0.29, 0.717) is 48.6 Å². The molecule has 47 heavy (non-hydrogen) atoms. The zero-order valence-corrected chi connectivity index (χ0v) is 26.2. The number of aliphatic hydroxyl groups excluding tert-OH is 1. The Hall–Kier alpha value is -5.57. The van der Waals surface area contributed by atoms with Crippen LogP contribution in [-0.4, -0.2) is 49.3 Å². The van der Waals surface area contributed by atoms with Gasteiger partial charge < -0.3 is 24.6 Å². The second kappa shape index (κ2) is 16.1. The number of ether oxygens (including phenoxy) is 3. The Kier molecular flexibility index (Phi) is 11.3. The van der Waals surface area contributed by atoms with Crippen LogP contribution in [0.25, 0.3) is 16.5 Å². The smallest absolute Gasteiger partial charge is 0.252 e. The van der Waals surface area contributed by atoms with Crippen molar-refractivity contribution in [3.05, 3.63) is 142 Å². The highest BCUT2D eigenvalue weighted by Gasteiger charge is 2.53. The van der Waals surface area contributed by atoms with Gasteiger partial charge in [-0.25, -0.2) is 4.99 Å². The minimum Gasteiger partial charge on any atom is -0.497 e. The number of benzene rings is 4. The SMILES string of the molecule is COc1ccc(CCNC(=O)[C@]2(C/C=C/c3ccccc3)N=C(c3ccc(OCCCO)cc3)O[C@@H]2c2ccccc2N=[N+]=[N-])cc1. The summed E-state index contributed by atoms with van der Waals surface area (Å²) in [5.74, 6) is 1.37. The Labute approximate surface area is 274 Å². The Bertz CT molecular complexity index is 1740. The number of methoxy groups -OCH3 is 1. The number of carbonyl (C=O) groups is 1. The summed E-state index contributed by atoms with van der Waals surface area (Å²) in [5.41, 5.74) is 11.5. The van der Waals surface area contributed by atoms with Crippen molar-refractivity contribution in [1.29, 1.82) is 0 Å². The molecule has 1 aliphatic heterocycles. The van der Waals surface area contributed by atoms with E-state index >= 15 is 0 Å². The number of aliphatic imine (C=N–C) groups is 1. The number of hydrogen-bond acceptors (Lipinski definition) is 7. The number of aliphatic hydroxyl groups is 1. The Morgan fingerprint density at radius 2 is 1.74 bits per heavy atom. The highest BCUT2D eigenvalue weighted by Crippen LogP contribution is 2.45. The fourth-order valence-electron chi connectivity index (χ4n) is 5.35. The van der Waals surface area contributed by atoms with Gasteiger partial charge in [-0.1, -0.05) is 84.0 Å². The first-order chi connectivity index (χ1) is 23.1. The van der Waals surface area contributed by atoms with E-state index in [0.717, 1.165) is 16.9 Å². The highest BCUT2D eigenvalue weighted by atomic mass is 16.5. The molecule has 1 aliphatic rings. The van der Waals surface area contributed by atoms with Gasteiger partial charge in [-0.3, -0.25) is 4.79 Å². The number of amides is 1. The van der Waals surface area contributed by atoms with Crippen LogP contribution in [0.5, 0.6) is 11.5 Å². The maximum atomic E-state index is 14.4. The molecule has 4 aromatic rings. The van der Waals surface area contributed by atoms with Gasteiger partial charge in [0.2, 0.25) is 5.90 Å². The molecule has 1 heterocycles.